The molecule has 0 saturated heterocycles. The molecule has 10 nitrogen and oxygen atoms in total. The Balaban J connectivity index is 1.96. The van der Waals surface area contributed by atoms with Gasteiger partial charge < -0.3 is 15.0 Å². The van der Waals surface area contributed by atoms with Gasteiger partial charge in [0.05, 0.1) is 22.9 Å². The third kappa shape index (κ3) is 3.90. The van der Waals surface area contributed by atoms with E-state index in [0.717, 1.165) is 0 Å². The van der Waals surface area contributed by atoms with Crippen molar-refractivity contribution in [3.8, 4) is 0 Å². The molecule has 1 aliphatic heterocycles. The first-order valence-electron chi connectivity index (χ1n) is 9.60. The summed E-state index contributed by atoms with van der Waals surface area (Å²) in [4.78, 5) is 35.4. The molecule has 1 atom stereocenters. The van der Waals surface area contributed by atoms with Crippen molar-refractivity contribution in [3.05, 3.63) is 72.2 Å². The van der Waals surface area contributed by atoms with E-state index in [0.29, 0.717) is 11.3 Å². The van der Waals surface area contributed by atoms with Crippen molar-refractivity contribution >= 4 is 39.1 Å². The van der Waals surface area contributed by atoms with Gasteiger partial charge in [-0.3, -0.25) is 4.79 Å². The van der Waals surface area contributed by atoms with Crippen molar-refractivity contribution in [3.63, 3.8) is 0 Å². The van der Waals surface area contributed by atoms with E-state index in [9.17, 15) is 18.0 Å². The third-order valence-corrected chi connectivity index (χ3v) is 5.76. The molecular weight excluding hydrogens is 434 g/mol. The summed E-state index contributed by atoms with van der Waals surface area (Å²) in [5.74, 6) is -0.945. The van der Waals surface area contributed by atoms with Crippen LogP contribution in [0.4, 0.5) is 17.2 Å². The molecule has 1 unspecified atom stereocenters. The monoisotopic (exact) mass is 453 g/mol. The number of carbonyl (C=O) groups excluding carboxylic acids is 2. The second-order valence-electron chi connectivity index (χ2n) is 6.88. The Morgan fingerprint density at radius 1 is 1.22 bits per heavy atom. The molecule has 11 heteroatoms. The third-order valence-electron chi connectivity index (χ3n) is 4.85. The Morgan fingerprint density at radius 2 is 1.97 bits per heavy atom. The van der Waals surface area contributed by atoms with E-state index >= 15 is 0 Å². The molecule has 0 fully saturated rings. The second kappa shape index (κ2) is 8.36. The zero-order chi connectivity index (χ0) is 22.9. The number of anilines is 3. The fraction of sp³-hybridized carbons (Fsp3) is 0.143. The van der Waals surface area contributed by atoms with E-state index in [1.54, 1.807) is 36.1 Å². The Hall–Kier alpha value is -3.83. The predicted octanol–water partition coefficient (Wildman–Crippen LogP) is 2.13. The lowest BCUT2D eigenvalue weighted by Crippen LogP contribution is -2.40. The van der Waals surface area contributed by atoms with E-state index in [1.165, 1.54) is 30.7 Å². The fourth-order valence-electron chi connectivity index (χ4n) is 3.50. The molecule has 2 heterocycles. The molecule has 0 saturated carbocycles. The molecule has 1 aromatic heterocycles. The molecule has 0 radical (unpaired) electrons. The number of benzene rings is 2. The number of sulfonamides is 1. The predicted molar refractivity (Wildman–Crippen MR) is 116 cm³/mol. The Morgan fingerprint density at radius 3 is 2.66 bits per heavy atom. The first-order valence-corrected chi connectivity index (χ1v) is 11.1. The molecule has 2 aromatic carbocycles. The fourth-order valence-corrected chi connectivity index (χ4v) is 4.04. The van der Waals surface area contributed by atoms with Crippen molar-refractivity contribution in [1.29, 1.82) is 0 Å². The van der Waals surface area contributed by atoms with E-state index in [4.69, 9.17) is 9.88 Å². The largest absolute Gasteiger partial charge is 0.462 e. The number of rotatable bonds is 5. The standard InChI is InChI=1S/C21H19N5O5S/c1-2-31-21(28)15-11-23-12-24-19(15)26-17-9-8-14(32(22,29)30)10-16(17)25-20(27)18(26)13-6-4-3-5-7-13/h3-12,18H,2H2,1H3,(H,25,27)(H2,22,29,30). The first kappa shape index (κ1) is 21.4. The van der Waals surface area contributed by atoms with Crippen molar-refractivity contribution in [1.82, 2.24) is 9.97 Å². The summed E-state index contributed by atoms with van der Waals surface area (Å²) >= 11 is 0. The van der Waals surface area contributed by atoms with Gasteiger partial charge in [0, 0.05) is 6.20 Å². The molecule has 3 N–H and O–H groups in total. The summed E-state index contributed by atoms with van der Waals surface area (Å²) in [6, 6.07) is 12.1. The minimum Gasteiger partial charge on any atom is -0.462 e. The van der Waals surface area contributed by atoms with E-state index in [1.807, 2.05) is 6.07 Å². The van der Waals surface area contributed by atoms with E-state index in [-0.39, 0.29) is 28.6 Å². The van der Waals surface area contributed by atoms with Crippen LogP contribution in [0.2, 0.25) is 0 Å². The summed E-state index contributed by atoms with van der Waals surface area (Å²) < 4.78 is 28.8. The molecule has 3 aromatic rings. The highest BCUT2D eigenvalue weighted by atomic mass is 32.2. The number of nitrogens with one attached hydrogen (secondary N) is 1. The number of hydrogen-bond donors (Lipinski definition) is 2. The van der Waals surface area contributed by atoms with Crippen LogP contribution in [-0.2, 0) is 19.6 Å². The van der Waals surface area contributed by atoms with Crippen LogP contribution in [0.1, 0.15) is 28.9 Å². The normalized spacial score (nSPS) is 15.6. The van der Waals surface area contributed by atoms with Gasteiger partial charge in [0.25, 0.3) is 5.91 Å². The Bertz CT molecular complexity index is 1300. The summed E-state index contributed by atoms with van der Waals surface area (Å²) in [6.07, 6.45) is 2.57. The van der Waals surface area contributed by atoms with Crippen molar-refractivity contribution in [2.75, 3.05) is 16.8 Å². The molecule has 0 spiro atoms. The molecule has 0 bridgehead atoms. The summed E-state index contributed by atoms with van der Waals surface area (Å²) in [5.41, 5.74) is 1.34. The van der Waals surface area contributed by atoms with Crippen LogP contribution < -0.4 is 15.4 Å². The zero-order valence-electron chi connectivity index (χ0n) is 16.9. The van der Waals surface area contributed by atoms with Gasteiger partial charge in [-0.2, -0.15) is 0 Å². The molecule has 32 heavy (non-hydrogen) atoms. The van der Waals surface area contributed by atoms with Crippen LogP contribution in [0, 0.1) is 0 Å². The van der Waals surface area contributed by atoms with Gasteiger partial charge in [-0.1, -0.05) is 30.3 Å². The number of nitrogens with zero attached hydrogens (tertiary/aromatic N) is 3. The molecule has 0 aliphatic carbocycles. The topological polar surface area (TPSA) is 145 Å². The van der Waals surface area contributed by atoms with Gasteiger partial charge in [0.2, 0.25) is 10.0 Å². The number of hydrogen-bond acceptors (Lipinski definition) is 8. The average Bonchev–Trinajstić information content (AvgIpc) is 2.78. The lowest BCUT2D eigenvalue weighted by atomic mass is 9.99. The number of amides is 1. The smallest absolute Gasteiger partial charge is 0.343 e. The van der Waals surface area contributed by atoms with Gasteiger partial charge >= 0.3 is 5.97 Å². The van der Waals surface area contributed by atoms with Gasteiger partial charge in [0.1, 0.15) is 17.9 Å². The summed E-state index contributed by atoms with van der Waals surface area (Å²) in [5, 5.41) is 7.98. The van der Waals surface area contributed by atoms with Crippen LogP contribution in [0.25, 0.3) is 0 Å². The van der Waals surface area contributed by atoms with E-state index < -0.39 is 27.9 Å². The molecule has 1 aliphatic rings. The highest BCUT2D eigenvalue weighted by Crippen LogP contribution is 2.44. The summed E-state index contributed by atoms with van der Waals surface area (Å²) in [7, 11) is -4.00. The number of aromatic nitrogens is 2. The number of carbonyl (C=O) groups is 2. The minimum atomic E-state index is -4.00. The quantitative estimate of drug-likeness (QED) is 0.559. The average molecular weight is 453 g/mol. The number of fused-ring (bicyclic) bond motifs is 1. The summed E-state index contributed by atoms with van der Waals surface area (Å²) in [6.45, 7) is 1.82. The lowest BCUT2D eigenvalue weighted by Gasteiger charge is -2.38. The molecule has 164 valence electrons. The number of nitrogens with two attached hydrogens (primary N) is 1. The van der Waals surface area contributed by atoms with Crippen molar-refractivity contribution < 1.29 is 22.7 Å². The second-order valence-corrected chi connectivity index (χ2v) is 8.44. The highest BCUT2D eigenvalue weighted by molar-refractivity contribution is 7.89. The SMILES string of the molecule is CCOC(=O)c1cncnc1N1c2ccc(S(N)(=O)=O)cc2NC(=O)C1c1ccccc1. The molecular formula is C21H19N5O5S. The van der Waals surface area contributed by atoms with Crippen molar-refractivity contribution in [2.45, 2.75) is 17.9 Å². The van der Waals surface area contributed by atoms with Gasteiger partial charge in [-0.15, -0.1) is 0 Å². The first-order chi connectivity index (χ1) is 15.3. The molecule has 4 rings (SSSR count). The maximum absolute atomic E-state index is 13.2. The maximum Gasteiger partial charge on any atom is 0.343 e. The Kier molecular flexibility index (Phi) is 5.59. The zero-order valence-corrected chi connectivity index (χ0v) is 17.7. The highest BCUT2D eigenvalue weighted by Gasteiger charge is 2.38. The van der Waals surface area contributed by atoms with Gasteiger partial charge in [-0.05, 0) is 30.7 Å². The number of esters is 1. The van der Waals surface area contributed by atoms with Crippen LogP contribution in [0.15, 0.2) is 66.0 Å². The van der Waals surface area contributed by atoms with Crippen LogP contribution in [-0.4, -0.2) is 36.9 Å². The van der Waals surface area contributed by atoms with Gasteiger partial charge in [-0.25, -0.2) is 28.3 Å². The van der Waals surface area contributed by atoms with Crippen molar-refractivity contribution in [2.24, 2.45) is 5.14 Å². The number of primary sulfonamides is 1. The van der Waals surface area contributed by atoms with Crippen LogP contribution in [0.3, 0.4) is 0 Å². The van der Waals surface area contributed by atoms with Crippen LogP contribution >= 0.6 is 0 Å². The van der Waals surface area contributed by atoms with Gasteiger partial charge in [0.15, 0.2) is 5.82 Å². The maximum atomic E-state index is 13.2. The number of ether oxygens (including phenoxy) is 1. The van der Waals surface area contributed by atoms with E-state index in [2.05, 4.69) is 15.3 Å². The van der Waals surface area contributed by atoms with Crippen LogP contribution in [0.5, 0.6) is 0 Å². The lowest BCUT2D eigenvalue weighted by molar-refractivity contribution is -0.117. The Labute approximate surface area is 184 Å². The minimum absolute atomic E-state index is 0.0615. The molecule has 1 amide bonds.